The van der Waals surface area contributed by atoms with Crippen LogP contribution in [0, 0.1) is 0 Å². The second-order valence-electron chi connectivity index (χ2n) is 8.60. The molecule has 0 radical (unpaired) electrons. The van der Waals surface area contributed by atoms with E-state index in [0.717, 1.165) is 34.7 Å². The zero-order valence-corrected chi connectivity index (χ0v) is 20.2. The highest BCUT2D eigenvalue weighted by Gasteiger charge is 2.25. The number of ether oxygens (including phenoxy) is 1. The summed E-state index contributed by atoms with van der Waals surface area (Å²) in [5.41, 5.74) is 4.03. The molecule has 0 fully saturated rings. The van der Waals surface area contributed by atoms with Crippen LogP contribution in [0.5, 0.6) is 5.75 Å². The van der Waals surface area contributed by atoms with E-state index < -0.39 is 0 Å². The Kier molecular flexibility index (Phi) is 7.12. The van der Waals surface area contributed by atoms with Crippen LogP contribution in [-0.2, 0) is 7.05 Å². The molecular weight excluding hydrogens is 422 g/mol. The molecule has 4 aromatic rings. The Hall–Kier alpha value is -3.86. The predicted molar refractivity (Wildman–Crippen MR) is 137 cm³/mol. The lowest BCUT2D eigenvalue weighted by atomic mass is 10.0. The normalized spacial score (nSPS) is 11.9. The molecule has 0 aliphatic rings. The van der Waals surface area contributed by atoms with Crippen LogP contribution in [0.4, 0.5) is 0 Å². The summed E-state index contributed by atoms with van der Waals surface area (Å²) in [6.45, 7) is 6.06. The van der Waals surface area contributed by atoms with Crippen LogP contribution in [0.25, 0.3) is 22.6 Å². The highest BCUT2D eigenvalue weighted by atomic mass is 16.5. The van der Waals surface area contributed by atoms with Crippen LogP contribution in [0.3, 0.4) is 0 Å². The van der Waals surface area contributed by atoms with Gasteiger partial charge in [0.25, 0.3) is 5.91 Å². The van der Waals surface area contributed by atoms with Crippen molar-refractivity contribution in [3.63, 3.8) is 0 Å². The van der Waals surface area contributed by atoms with Crippen LogP contribution in [-0.4, -0.2) is 21.6 Å². The highest BCUT2D eigenvalue weighted by molar-refractivity contribution is 5.99. The molecule has 34 heavy (non-hydrogen) atoms. The summed E-state index contributed by atoms with van der Waals surface area (Å²) in [7, 11) is 1.89. The molecule has 0 aliphatic carbocycles. The van der Waals surface area contributed by atoms with Crippen LogP contribution >= 0.6 is 0 Å². The van der Waals surface area contributed by atoms with E-state index in [1.807, 2.05) is 110 Å². The summed E-state index contributed by atoms with van der Waals surface area (Å²) in [5, 5.41) is 3.23. The van der Waals surface area contributed by atoms with Crippen LogP contribution in [0.1, 0.15) is 49.3 Å². The zero-order valence-electron chi connectivity index (χ0n) is 20.2. The molecule has 0 saturated carbocycles. The van der Waals surface area contributed by atoms with E-state index in [9.17, 15) is 4.79 Å². The van der Waals surface area contributed by atoms with E-state index in [-0.39, 0.29) is 18.1 Å². The van der Waals surface area contributed by atoms with Crippen molar-refractivity contribution in [3.05, 3.63) is 96.2 Å². The lowest BCUT2D eigenvalue weighted by Gasteiger charge is -2.18. The fourth-order valence-corrected chi connectivity index (χ4v) is 4.13. The third-order valence-electron chi connectivity index (χ3n) is 5.74. The summed E-state index contributed by atoms with van der Waals surface area (Å²) in [5.74, 6) is 1.34. The first-order valence-electron chi connectivity index (χ1n) is 11.7. The van der Waals surface area contributed by atoms with E-state index in [1.165, 1.54) is 0 Å². The van der Waals surface area contributed by atoms with Gasteiger partial charge in [-0.2, -0.15) is 0 Å². The highest BCUT2D eigenvalue weighted by Crippen LogP contribution is 2.31. The van der Waals surface area contributed by atoms with Crippen LogP contribution < -0.4 is 10.1 Å². The lowest BCUT2D eigenvalue weighted by Crippen LogP contribution is -2.30. The summed E-state index contributed by atoms with van der Waals surface area (Å²) >= 11 is 0. The number of imidazole rings is 1. The topological polar surface area (TPSA) is 56.1 Å². The van der Waals surface area contributed by atoms with E-state index >= 15 is 0 Å². The number of amides is 1. The molecule has 4 rings (SSSR count). The Labute approximate surface area is 201 Å². The van der Waals surface area contributed by atoms with Gasteiger partial charge in [0.05, 0.1) is 12.1 Å². The van der Waals surface area contributed by atoms with Gasteiger partial charge in [0.1, 0.15) is 23.0 Å². The largest absolute Gasteiger partial charge is 0.491 e. The zero-order chi connectivity index (χ0) is 24.1. The van der Waals surface area contributed by atoms with Crippen LogP contribution in [0.2, 0.25) is 0 Å². The Morgan fingerprint density at radius 3 is 2.24 bits per heavy atom. The molecule has 5 nitrogen and oxygen atoms in total. The van der Waals surface area contributed by atoms with Gasteiger partial charge in [0, 0.05) is 18.2 Å². The number of hydrogen-bond donors (Lipinski definition) is 1. The van der Waals surface area contributed by atoms with Gasteiger partial charge in [-0.3, -0.25) is 4.79 Å². The third-order valence-corrected chi connectivity index (χ3v) is 5.74. The standard InChI is InChI=1S/C29H31N3O2/c1-5-25(21-13-8-6-9-14-21)30-29(33)27-26(23-17-12-18-24(19-23)34-20(2)3)31-28(32(27)4)22-15-10-7-11-16-22/h6-20,25H,5H2,1-4H3,(H,30,33). The SMILES string of the molecule is CCC(NC(=O)c1c(-c2cccc(OC(C)C)c2)nc(-c2ccccc2)n1C)c1ccccc1. The summed E-state index contributed by atoms with van der Waals surface area (Å²) in [6.07, 6.45) is 0.837. The first-order valence-corrected chi connectivity index (χ1v) is 11.7. The molecule has 1 heterocycles. The quantitative estimate of drug-likeness (QED) is 0.335. The number of nitrogens with zero attached hydrogens (tertiary/aromatic N) is 2. The second kappa shape index (κ2) is 10.4. The minimum atomic E-state index is -0.155. The van der Waals surface area contributed by atoms with E-state index in [4.69, 9.17) is 9.72 Å². The summed E-state index contributed by atoms with van der Waals surface area (Å²) in [4.78, 5) is 18.7. The van der Waals surface area contributed by atoms with Crippen molar-refractivity contribution in [2.24, 2.45) is 7.05 Å². The molecule has 0 aliphatic heterocycles. The van der Waals surface area contributed by atoms with Crippen molar-refractivity contribution >= 4 is 5.91 Å². The van der Waals surface area contributed by atoms with Crippen LogP contribution in [0.15, 0.2) is 84.9 Å². The van der Waals surface area contributed by atoms with Gasteiger partial charge in [0.15, 0.2) is 0 Å². The van der Waals surface area contributed by atoms with E-state index in [2.05, 4.69) is 12.2 Å². The van der Waals surface area contributed by atoms with Gasteiger partial charge < -0.3 is 14.6 Å². The number of benzene rings is 3. The average Bonchev–Trinajstić information content (AvgIpc) is 3.20. The fourth-order valence-electron chi connectivity index (χ4n) is 4.13. The molecule has 0 spiro atoms. The van der Waals surface area contributed by atoms with Crippen molar-refractivity contribution in [1.82, 2.24) is 14.9 Å². The molecule has 1 aromatic heterocycles. The Balaban J connectivity index is 1.79. The minimum absolute atomic E-state index is 0.0535. The van der Waals surface area contributed by atoms with Gasteiger partial charge in [-0.1, -0.05) is 79.7 Å². The lowest BCUT2D eigenvalue weighted by molar-refractivity contribution is 0.0928. The summed E-state index contributed by atoms with van der Waals surface area (Å²) in [6, 6.07) is 27.7. The Morgan fingerprint density at radius 2 is 1.59 bits per heavy atom. The van der Waals surface area contributed by atoms with Crippen molar-refractivity contribution in [1.29, 1.82) is 0 Å². The Bertz CT molecular complexity index is 1250. The molecule has 1 atom stereocenters. The van der Waals surface area contributed by atoms with Gasteiger partial charge in [-0.05, 0) is 38.0 Å². The smallest absolute Gasteiger partial charge is 0.270 e. The number of aromatic nitrogens is 2. The molecule has 1 amide bonds. The predicted octanol–water partition coefficient (Wildman–Crippen LogP) is 6.42. The van der Waals surface area contributed by atoms with Gasteiger partial charge in [-0.15, -0.1) is 0 Å². The van der Waals surface area contributed by atoms with Crippen molar-refractivity contribution in [2.45, 2.75) is 39.3 Å². The molecule has 0 bridgehead atoms. The maximum atomic E-state index is 13.7. The fraction of sp³-hybridized carbons (Fsp3) is 0.241. The molecular formula is C29H31N3O2. The number of nitrogens with one attached hydrogen (secondary N) is 1. The maximum Gasteiger partial charge on any atom is 0.270 e. The van der Waals surface area contributed by atoms with Gasteiger partial charge >= 0.3 is 0 Å². The molecule has 0 saturated heterocycles. The third kappa shape index (κ3) is 5.04. The molecule has 5 heteroatoms. The van der Waals surface area contributed by atoms with Crippen molar-refractivity contribution in [3.8, 4) is 28.4 Å². The second-order valence-corrected chi connectivity index (χ2v) is 8.60. The van der Waals surface area contributed by atoms with E-state index in [1.54, 1.807) is 0 Å². The molecule has 174 valence electrons. The monoisotopic (exact) mass is 453 g/mol. The van der Waals surface area contributed by atoms with Gasteiger partial charge in [0.2, 0.25) is 0 Å². The Morgan fingerprint density at radius 1 is 0.941 bits per heavy atom. The molecule has 3 aromatic carbocycles. The number of rotatable bonds is 8. The number of carbonyl (C=O) groups is 1. The summed E-state index contributed by atoms with van der Waals surface area (Å²) < 4.78 is 7.79. The minimum Gasteiger partial charge on any atom is -0.491 e. The van der Waals surface area contributed by atoms with Gasteiger partial charge in [-0.25, -0.2) is 4.98 Å². The van der Waals surface area contributed by atoms with Crippen molar-refractivity contribution < 1.29 is 9.53 Å². The average molecular weight is 454 g/mol. The first-order chi connectivity index (χ1) is 16.5. The van der Waals surface area contributed by atoms with Crippen molar-refractivity contribution in [2.75, 3.05) is 0 Å². The maximum absolute atomic E-state index is 13.7. The molecule has 1 unspecified atom stereocenters. The number of carbonyl (C=O) groups excluding carboxylic acids is 1. The first kappa shape index (κ1) is 23.3. The molecule has 1 N–H and O–H groups in total. The van der Waals surface area contributed by atoms with E-state index in [0.29, 0.717) is 11.4 Å². The number of hydrogen-bond acceptors (Lipinski definition) is 3.